The molecule has 21 heavy (non-hydrogen) atoms. The number of anilines is 1. The van der Waals surface area contributed by atoms with Gasteiger partial charge in [0.1, 0.15) is 10.7 Å². The molecule has 0 saturated heterocycles. The summed E-state index contributed by atoms with van der Waals surface area (Å²) in [6.45, 7) is 10.5. The van der Waals surface area contributed by atoms with Crippen LogP contribution >= 0.6 is 11.3 Å². The maximum absolute atomic E-state index is 5.64. The van der Waals surface area contributed by atoms with Gasteiger partial charge in [0.05, 0.1) is 11.9 Å². The second kappa shape index (κ2) is 6.68. The van der Waals surface area contributed by atoms with E-state index in [0.717, 1.165) is 34.9 Å². The summed E-state index contributed by atoms with van der Waals surface area (Å²) in [5.74, 6) is 7.90. The zero-order chi connectivity index (χ0) is 15.6. The van der Waals surface area contributed by atoms with Gasteiger partial charge in [0.25, 0.3) is 0 Å². The molecule has 2 aromatic rings. The van der Waals surface area contributed by atoms with Crippen LogP contribution in [0.2, 0.25) is 0 Å². The van der Waals surface area contributed by atoms with Crippen LogP contribution in [0.25, 0.3) is 10.2 Å². The molecule has 0 bridgehead atoms. The maximum atomic E-state index is 5.64. The number of hydrogen-bond acceptors (Lipinski definition) is 6. The summed E-state index contributed by atoms with van der Waals surface area (Å²) < 4.78 is 0. The summed E-state index contributed by atoms with van der Waals surface area (Å²) >= 11 is 1.70. The van der Waals surface area contributed by atoms with Gasteiger partial charge in [-0.15, -0.1) is 11.3 Å². The van der Waals surface area contributed by atoms with Gasteiger partial charge in [-0.25, -0.2) is 15.8 Å². The molecule has 0 radical (unpaired) electrons. The first-order chi connectivity index (χ1) is 9.92. The monoisotopic (exact) mass is 307 g/mol. The number of nitrogens with zero attached hydrogens (tertiary/aromatic N) is 3. The van der Waals surface area contributed by atoms with E-state index < -0.39 is 0 Å². The van der Waals surface area contributed by atoms with Crippen molar-refractivity contribution in [3.63, 3.8) is 0 Å². The second-order valence-electron chi connectivity index (χ2n) is 6.02. The number of nitrogen functional groups attached to an aromatic ring is 1. The third-order valence-corrected chi connectivity index (χ3v) is 4.81. The third kappa shape index (κ3) is 3.70. The largest absolute Gasteiger partial charge is 0.308 e. The van der Waals surface area contributed by atoms with E-state index in [2.05, 4.69) is 50.1 Å². The highest BCUT2D eigenvalue weighted by Crippen LogP contribution is 2.32. The van der Waals surface area contributed by atoms with Crippen LogP contribution in [-0.2, 0) is 6.54 Å². The van der Waals surface area contributed by atoms with Crippen LogP contribution in [0.5, 0.6) is 0 Å². The van der Waals surface area contributed by atoms with Crippen molar-refractivity contribution >= 4 is 27.4 Å². The van der Waals surface area contributed by atoms with Gasteiger partial charge in [0.15, 0.2) is 5.82 Å². The minimum Gasteiger partial charge on any atom is -0.308 e. The van der Waals surface area contributed by atoms with Crippen molar-refractivity contribution in [2.45, 2.75) is 40.7 Å². The average Bonchev–Trinajstić information content (AvgIpc) is 2.71. The fourth-order valence-corrected chi connectivity index (χ4v) is 3.32. The quantitative estimate of drug-likeness (QED) is 0.634. The average molecular weight is 307 g/mol. The maximum Gasteiger partial charge on any atom is 0.152 e. The van der Waals surface area contributed by atoms with Gasteiger partial charge in [-0.1, -0.05) is 13.8 Å². The molecule has 6 heteroatoms. The number of aromatic nitrogens is 2. The Bertz CT molecular complexity index is 620. The minimum absolute atomic E-state index is 0.708. The molecule has 5 nitrogen and oxygen atoms in total. The van der Waals surface area contributed by atoms with Crippen LogP contribution in [-0.4, -0.2) is 28.5 Å². The topological polar surface area (TPSA) is 67.1 Å². The summed E-state index contributed by atoms with van der Waals surface area (Å²) in [7, 11) is 2.11. The standard InChI is InChI=1S/C15H25N5S/c1-9(2)6-7-20(5)8-12-17-14(19-16)13-10(3)11(4)21-15(13)18-12/h9H,6-8,16H2,1-5H3,(H,17,18,19). The number of aryl methyl sites for hydroxylation is 2. The highest BCUT2D eigenvalue weighted by atomic mass is 32.1. The first kappa shape index (κ1) is 16.1. The van der Waals surface area contributed by atoms with Crippen LogP contribution in [0.4, 0.5) is 5.82 Å². The van der Waals surface area contributed by atoms with E-state index in [-0.39, 0.29) is 0 Å². The summed E-state index contributed by atoms with van der Waals surface area (Å²) in [5.41, 5.74) is 3.94. The lowest BCUT2D eigenvalue weighted by Gasteiger charge is -2.17. The molecule has 0 atom stereocenters. The predicted octanol–water partition coefficient (Wildman–Crippen LogP) is 3.07. The first-order valence-corrected chi connectivity index (χ1v) is 8.15. The Morgan fingerprint density at radius 3 is 2.62 bits per heavy atom. The molecule has 0 aliphatic rings. The van der Waals surface area contributed by atoms with Crippen LogP contribution in [0, 0.1) is 19.8 Å². The second-order valence-corrected chi connectivity index (χ2v) is 7.22. The van der Waals surface area contributed by atoms with Crippen LogP contribution < -0.4 is 11.3 Å². The fraction of sp³-hybridized carbons (Fsp3) is 0.600. The Balaban J connectivity index is 2.25. The Labute approximate surface area is 130 Å². The van der Waals surface area contributed by atoms with Gasteiger partial charge in [0, 0.05) is 4.88 Å². The number of nitrogens with one attached hydrogen (secondary N) is 1. The molecule has 0 fully saturated rings. The zero-order valence-corrected chi connectivity index (χ0v) is 14.3. The number of hydrogen-bond donors (Lipinski definition) is 2. The SMILES string of the molecule is Cc1sc2nc(CN(C)CCC(C)C)nc(NN)c2c1C. The molecule has 3 N–H and O–H groups in total. The van der Waals surface area contributed by atoms with E-state index in [1.165, 1.54) is 16.9 Å². The van der Waals surface area contributed by atoms with Crippen molar-refractivity contribution < 1.29 is 0 Å². The summed E-state index contributed by atoms with van der Waals surface area (Å²) in [6, 6.07) is 0. The highest BCUT2D eigenvalue weighted by molar-refractivity contribution is 7.18. The molecule has 0 aliphatic carbocycles. The smallest absolute Gasteiger partial charge is 0.152 e. The van der Waals surface area contributed by atoms with Gasteiger partial charge in [0.2, 0.25) is 0 Å². The number of hydrazine groups is 1. The molecule has 2 rings (SSSR count). The number of nitrogens with two attached hydrogens (primary N) is 1. The van der Waals surface area contributed by atoms with Crippen LogP contribution in [0.1, 0.15) is 36.5 Å². The van der Waals surface area contributed by atoms with Gasteiger partial charge >= 0.3 is 0 Å². The van der Waals surface area contributed by atoms with Crippen molar-refractivity contribution in [1.29, 1.82) is 0 Å². The van der Waals surface area contributed by atoms with Crippen molar-refractivity contribution in [2.24, 2.45) is 11.8 Å². The molecule has 2 aromatic heterocycles. The van der Waals surface area contributed by atoms with E-state index in [0.29, 0.717) is 5.92 Å². The van der Waals surface area contributed by atoms with Crippen molar-refractivity contribution in [3.05, 3.63) is 16.3 Å². The summed E-state index contributed by atoms with van der Waals surface area (Å²) in [5, 5.41) is 1.05. The molecule has 0 aromatic carbocycles. The highest BCUT2D eigenvalue weighted by Gasteiger charge is 2.14. The van der Waals surface area contributed by atoms with Crippen molar-refractivity contribution in [3.8, 4) is 0 Å². The normalized spacial score (nSPS) is 11.8. The van der Waals surface area contributed by atoms with Gasteiger partial charge in [-0.3, -0.25) is 4.90 Å². The van der Waals surface area contributed by atoms with Crippen molar-refractivity contribution in [1.82, 2.24) is 14.9 Å². The lowest BCUT2D eigenvalue weighted by atomic mass is 10.1. The predicted molar refractivity (Wildman–Crippen MR) is 90.5 cm³/mol. The van der Waals surface area contributed by atoms with E-state index in [1.807, 2.05) is 0 Å². The lowest BCUT2D eigenvalue weighted by molar-refractivity contribution is 0.297. The Morgan fingerprint density at radius 2 is 2.00 bits per heavy atom. The zero-order valence-electron chi connectivity index (χ0n) is 13.5. The number of rotatable bonds is 6. The molecule has 0 unspecified atom stereocenters. The fourth-order valence-electron chi connectivity index (χ4n) is 2.27. The van der Waals surface area contributed by atoms with Crippen molar-refractivity contribution in [2.75, 3.05) is 19.0 Å². The van der Waals surface area contributed by atoms with Gasteiger partial charge < -0.3 is 5.43 Å². The molecule has 0 aliphatic heterocycles. The van der Waals surface area contributed by atoms with Crippen LogP contribution in [0.3, 0.4) is 0 Å². The molecular formula is C15H25N5S. The molecule has 0 spiro atoms. The Morgan fingerprint density at radius 1 is 1.29 bits per heavy atom. The van der Waals surface area contributed by atoms with E-state index in [1.54, 1.807) is 11.3 Å². The summed E-state index contributed by atoms with van der Waals surface area (Å²) in [4.78, 5) is 13.8. The van der Waals surface area contributed by atoms with Gasteiger partial charge in [-0.2, -0.15) is 0 Å². The molecule has 116 valence electrons. The Kier molecular flexibility index (Phi) is 5.13. The minimum atomic E-state index is 0.708. The van der Waals surface area contributed by atoms with E-state index in [4.69, 9.17) is 10.8 Å². The Hall–Kier alpha value is -1.24. The van der Waals surface area contributed by atoms with Crippen LogP contribution in [0.15, 0.2) is 0 Å². The number of thiophene rings is 1. The number of fused-ring (bicyclic) bond motifs is 1. The van der Waals surface area contributed by atoms with E-state index in [9.17, 15) is 0 Å². The lowest BCUT2D eigenvalue weighted by Crippen LogP contribution is -2.22. The molecule has 2 heterocycles. The summed E-state index contributed by atoms with van der Waals surface area (Å²) in [6.07, 6.45) is 1.18. The van der Waals surface area contributed by atoms with E-state index >= 15 is 0 Å². The molecular weight excluding hydrogens is 282 g/mol. The third-order valence-electron chi connectivity index (χ3n) is 3.71. The molecule has 0 saturated carbocycles. The molecule has 0 amide bonds. The van der Waals surface area contributed by atoms with Gasteiger partial charge in [-0.05, 0) is 45.3 Å². The first-order valence-electron chi connectivity index (χ1n) is 7.34.